The molecule has 2 heterocycles. The second-order valence-corrected chi connectivity index (χ2v) is 8.06. The number of carbonyl (C=O) groups excluding carboxylic acids is 1. The molecule has 0 saturated heterocycles. The largest absolute Gasteiger partial charge is 0.433 e. The van der Waals surface area contributed by atoms with E-state index in [1.807, 2.05) is 19.1 Å². The first-order valence-corrected chi connectivity index (χ1v) is 10.8. The molecule has 1 amide bonds. The number of rotatable bonds is 8. The van der Waals surface area contributed by atoms with Gasteiger partial charge in [-0.2, -0.15) is 13.2 Å². The van der Waals surface area contributed by atoms with Crippen molar-refractivity contribution >= 4 is 5.91 Å². The van der Waals surface area contributed by atoms with Crippen molar-refractivity contribution in [2.24, 2.45) is 0 Å². The van der Waals surface area contributed by atoms with Gasteiger partial charge in [0.25, 0.3) is 0 Å². The molecule has 0 aliphatic heterocycles. The van der Waals surface area contributed by atoms with Gasteiger partial charge in [0, 0.05) is 31.1 Å². The minimum Gasteiger partial charge on any atom is -0.358 e. The zero-order valence-corrected chi connectivity index (χ0v) is 19.1. The Morgan fingerprint density at radius 1 is 0.971 bits per heavy atom. The van der Waals surface area contributed by atoms with Crippen LogP contribution in [-0.2, 0) is 11.0 Å². The van der Waals surface area contributed by atoms with E-state index in [4.69, 9.17) is 0 Å². The molecule has 2 aromatic heterocycles. The minimum absolute atomic E-state index is 0.240. The highest BCUT2D eigenvalue weighted by Crippen LogP contribution is 2.32. The van der Waals surface area contributed by atoms with Crippen LogP contribution < -0.4 is 10.6 Å². The van der Waals surface area contributed by atoms with E-state index in [-0.39, 0.29) is 17.6 Å². The van der Waals surface area contributed by atoms with E-state index in [0.717, 1.165) is 17.3 Å². The summed E-state index contributed by atoms with van der Waals surface area (Å²) in [7, 11) is 1.54. The summed E-state index contributed by atoms with van der Waals surface area (Å²) in [6.45, 7) is 3.83. The fraction of sp³-hybridized carbons (Fsp3) is 0.320. The molecule has 0 bridgehead atoms. The number of hydrogen-bond donors (Lipinski definition) is 2. The fourth-order valence-corrected chi connectivity index (χ4v) is 3.72. The quantitative estimate of drug-likeness (QED) is 0.458. The summed E-state index contributed by atoms with van der Waals surface area (Å²) in [4.78, 5) is 20.3. The summed E-state index contributed by atoms with van der Waals surface area (Å²) in [5, 5.41) is 5.84. The number of nitrogens with one attached hydrogen (secondary N) is 2. The Kier molecular flexibility index (Phi) is 7.98. The number of aryl methyl sites for hydroxylation is 2. The molecule has 0 radical (unpaired) electrons. The number of nitrogens with zero attached hydrogens (tertiary/aromatic N) is 2. The Morgan fingerprint density at radius 2 is 1.65 bits per heavy atom. The van der Waals surface area contributed by atoms with E-state index in [0.29, 0.717) is 29.7 Å². The number of pyridine rings is 2. The lowest BCUT2D eigenvalue weighted by atomic mass is 9.88. The van der Waals surface area contributed by atoms with Crippen molar-refractivity contribution in [3.05, 3.63) is 94.3 Å². The van der Waals surface area contributed by atoms with Gasteiger partial charge in [0.2, 0.25) is 5.91 Å². The summed E-state index contributed by atoms with van der Waals surface area (Å²) < 4.78 is 52.8. The van der Waals surface area contributed by atoms with E-state index >= 15 is 0 Å². The maximum absolute atomic E-state index is 13.9. The van der Waals surface area contributed by atoms with Gasteiger partial charge < -0.3 is 10.6 Å². The Bertz CT molecular complexity index is 1120. The molecule has 0 spiro atoms. The molecule has 0 saturated carbocycles. The van der Waals surface area contributed by atoms with E-state index in [1.54, 1.807) is 25.3 Å². The third-order valence-electron chi connectivity index (χ3n) is 5.62. The summed E-state index contributed by atoms with van der Waals surface area (Å²) in [6, 6.07) is 9.94. The van der Waals surface area contributed by atoms with Crippen molar-refractivity contribution in [3.8, 4) is 0 Å². The molecule has 1 aromatic carbocycles. The van der Waals surface area contributed by atoms with Gasteiger partial charge >= 0.3 is 6.18 Å². The molecule has 9 heteroatoms. The van der Waals surface area contributed by atoms with E-state index < -0.39 is 17.9 Å². The molecule has 2 atom stereocenters. The summed E-state index contributed by atoms with van der Waals surface area (Å²) in [5.41, 5.74) is 2.28. The zero-order valence-electron chi connectivity index (χ0n) is 19.1. The van der Waals surface area contributed by atoms with Crippen LogP contribution >= 0.6 is 0 Å². The van der Waals surface area contributed by atoms with Crippen molar-refractivity contribution in [1.29, 1.82) is 0 Å². The molecule has 0 fully saturated rings. The number of alkyl halides is 3. The van der Waals surface area contributed by atoms with Gasteiger partial charge in [-0.05, 0) is 67.3 Å². The number of amides is 1. The first-order valence-electron chi connectivity index (χ1n) is 10.8. The second-order valence-electron chi connectivity index (χ2n) is 8.06. The first-order chi connectivity index (χ1) is 16.1. The SMILES string of the molecule is CNC(=O)C(NCCC(c1ccc(C(F)(F)F)nc1)c1ccc(F)c(C)c1)c1ccc(C)nc1. The Balaban J connectivity index is 1.85. The molecule has 2 N–H and O–H groups in total. The second kappa shape index (κ2) is 10.7. The topological polar surface area (TPSA) is 66.9 Å². The number of benzene rings is 1. The van der Waals surface area contributed by atoms with Crippen LogP contribution in [0.3, 0.4) is 0 Å². The average Bonchev–Trinajstić information content (AvgIpc) is 2.81. The molecular formula is C25H26F4N4O. The number of likely N-dealkylation sites (N-methyl/N-ethyl adjacent to an activating group) is 1. The number of carbonyl (C=O) groups is 1. The van der Waals surface area contributed by atoms with Crippen molar-refractivity contribution in [2.45, 2.75) is 38.4 Å². The minimum atomic E-state index is -4.54. The standard InChI is InChI=1S/C25H26F4N4O/c1-15-12-17(6-8-21(15)26)20(18-7-9-22(33-13-18)25(27,28)29)10-11-31-23(24(34)30-3)19-5-4-16(2)32-14-19/h4-9,12-14,20,23,31H,10-11H2,1-3H3,(H,30,34). The molecule has 3 rings (SSSR count). The van der Waals surface area contributed by atoms with Gasteiger partial charge in [0.1, 0.15) is 17.6 Å². The summed E-state index contributed by atoms with van der Waals surface area (Å²) in [6.07, 6.45) is -1.27. The third-order valence-corrected chi connectivity index (χ3v) is 5.62. The van der Waals surface area contributed by atoms with E-state index in [2.05, 4.69) is 20.6 Å². The van der Waals surface area contributed by atoms with Crippen LogP contribution in [0.25, 0.3) is 0 Å². The molecule has 180 valence electrons. The number of hydrogen-bond acceptors (Lipinski definition) is 4. The Labute approximate surface area is 195 Å². The van der Waals surface area contributed by atoms with Crippen LogP contribution in [-0.4, -0.2) is 29.5 Å². The van der Waals surface area contributed by atoms with Crippen molar-refractivity contribution in [2.75, 3.05) is 13.6 Å². The predicted octanol–water partition coefficient (Wildman–Crippen LogP) is 4.85. The first kappa shape index (κ1) is 25.3. The van der Waals surface area contributed by atoms with Crippen LogP contribution in [0.4, 0.5) is 17.6 Å². The summed E-state index contributed by atoms with van der Waals surface area (Å²) >= 11 is 0. The maximum atomic E-state index is 13.9. The summed E-state index contributed by atoms with van der Waals surface area (Å²) in [5.74, 6) is -0.961. The molecule has 0 aliphatic rings. The number of halogens is 4. The van der Waals surface area contributed by atoms with Gasteiger partial charge in [-0.15, -0.1) is 0 Å². The molecule has 2 unspecified atom stereocenters. The number of aromatic nitrogens is 2. The van der Waals surface area contributed by atoms with Crippen LogP contribution in [0.15, 0.2) is 54.9 Å². The monoisotopic (exact) mass is 474 g/mol. The highest BCUT2D eigenvalue weighted by molar-refractivity contribution is 5.82. The molecule has 3 aromatic rings. The Morgan fingerprint density at radius 3 is 2.21 bits per heavy atom. The van der Waals surface area contributed by atoms with Crippen LogP contribution in [0.5, 0.6) is 0 Å². The van der Waals surface area contributed by atoms with Crippen molar-refractivity contribution in [3.63, 3.8) is 0 Å². The highest BCUT2D eigenvalue weighted by atomic mass is 19.4. The van der Waals surface area contributed by atoms with Gasteiger partial charge in [-0.1, -0.05) is 24.3 Å². The third kappa shape index (κ3) is 6.17. The van der Waals surface area contributed by atoms with Crippen LogP contribution in [0.1, 0.15) is 52.0 Å². The smallest absolute Gasteiger partial charge is 0.358 e. The lowest BCUT2D eigenvalue weighted by molar-refractivity contribution is -0.141. The Hall–Kier alpha value is -3.33. The molecule has 34 heavy (non-hydrogen) atoms. The normalized spacial score (nSPS) is 13.4. The molecule has 5 nitrogen and oxygen atoms in total. The molecule has 0 aliphatic carbocycles. The van der Waals surface area contributed by atoms with Gasteiger partial charge in [0.05, 0.1) is 0 Å². The van der Waals surface area contributed by atoms with Gasteiger partial charge in [0.15, 0.2) is 0 Å². The van der Waals surface area contributed by atoms with Gasteiger partial charge in [-0.25, -0.2) is 4.39 Å². The van der Waals surface area contributed by atoms with E-state index in [9.17, 15) is 22.4 Å². The van der Waals surface area contributed by atoms with E-state index in [1.165, 1.54) is 25.4 Å². The maximum Gasteiger partial charge on any atom is 0.433 e. The lowest BCUT2D eigenvalue weighted by Crippen LogP contribution is -2.36. The van der Waals surface area contributed by atoms with Gasteiger partial charge in [-0.3, -0.25) is 14.8 Å². The van der Waals surface area contributed by atoms with Crippen LogP contribution in [0, 0.1) is 19.7 Å². The van der Waals surface area contributed by atoms with Crippen molar-refractivity contribution < 1.29 is 22.4 Å². The fourth-order valence-electron chi connectivity index (χ4n) is 3.72. The molecular weight excluding hydrogens is 448 g/mol. The lowest BCUT2D eigenvalue weighted by Gasteiger charge is -2.22. The van der Waals surface area contributed by atoms with Crippen molar-refractivity contribution in [1.82, 2.24) is 20.6 Å². The zero-order chi connectivity index (χ0) is 24.9. The highest BCUT2D eigenvalue weighted by Gasteiger charge is 2.32. The van der Waals surface area contributed by atoms with Crippen LogP contribution in [0.2, 0.25) is 0 Å². The average molecular weight is 475 g/mol. The predicted molar refractivity (Wildman–Crippen MR) is 121 cm³/mol.